The van der Waals surface area contributed by atoms with E-state index in [9.17, 15) is 0 Å². The van der Waals surface area contributed by atoms with E-state index in [2.05, 4.69) is 35.8 Å². The number of anilines is 1. The quantitative estimate of drug-likeness (QED) is 0.769. The van der Waals surface area contributed by atoms with Crippen molar-refractivity contribution >= 4 is 21.6 Å². The highest BCUT2D eigenvalue weighted by atomic mass is 79.9. The van der Waals surface area contributed by atoms with Crippen molar-refractivity contribution in [3.63, 3.8) is 0 Å². The maximum absolute atomic E-state index is 5.64. The Kier molecular flexibility index (Phi) is 3.15. The van der Waals surface area contributed by atoms with Crippen LogP contribution in [0.1, 0.15) is 31.7 Å². The van der Waals surface area contributed by atoms with E-state index in [1.54, 1.807) is 0 Å². The standard InChI is InChI=1S/C10H14BrN/c1-3-7(2)9-5-4-8(12)6-10(9)11/h4-7H,3,12H2,1-2H3. The zero-order valence-corrected chi connectivity index (χ0v) is 9.06. The van der Waals surface area contributed by atoms with Crippen molar-refractivity contribution < 1.29 is 0 Å². The predicted octanol–water partition coefficient (Wildman–Crippen LogP) is 3.54. The first kappa shape index (κ1) is 9.59. The first-order valence-electron chi connectivity index (χ1n) is 4.20. The van der Waals surface area contributed by atoms with Crippen LogP contribution in [0.5, 0.6) is 0 Å². The SMILES string of the molecule is CCC(C)c1ccc(N)cc1Br. The third kappa shape index (κ3) is 2.01. The molecule has 0 amide bonds. The number of benzene rings is 1. The Hall–Kier alpha value is -0.500. The zero-order chi connectivity index (χ0) is 9.14. The molecular formula is C10H14BrN. The van der Waals surface area contributed by atoms with Crippen LogP contribution in [-0.2, 0) is 0 Å². The lowest BCUT2D eigenvalue weighted by Gasteiger charge is -2.11. The molecule has 0 spiro atoms. The molecule has 1 atom stereocenters. The van der Waals surface area contributed by atoms with Crippen LogP contribution in [0.3, 0.4) is 0 Å². The lowest BCUT2D eigenvalue weighted by atomic mass is 9.99. The molecule has 1 aromatic carbocycles. The molecule has 12 heavy (non-hydrogen) atoms. The summed E-state index contributed by atoms with van der Waals surface area (Å²) >= 11 is 3.51. The molecule has 0 aromatic heterocycles. The Morgan fingerprint density at radius 2 is 2.17 bits per heavy atom. The molecule has 0 heterocycles. The van der Waals surface area contributed by atoms with Gasteiger partial charge in [0.15, 0.2) is 0 Å². The van der Waals surface area contributed by atoms with Crippen LogP contribution in [0.15, 0.2) is 22.7 Å². The van der Waals surface area contributed by atoms with Crippen molar-refractivity contribution in [3.8, 4) is 0 Å². The third-order valence-electron chi connectivity index (χ3n) is 2.17. The Morgan fingerprint density at radius 1 is 1.50 bits per heavy atom. The Labute approximate surface area is 82.1 Å². The number of hydrogen-bond acceptors (Lipinski definition) is 1. The minimum Gasteiger partial charge on any atom is -0.399 e. The van der Waals surface area contributed by atoms with E-state index in [-0.39, 0.29) is 0 Å². The van der Waals surface area contributed by atoms with Gasteiger partial charge in [0.2, 0.25) is 0 Å². The van der Waals surface area contributed by atoms with Crippen LogP contribution in [0, 0.1) is 0 Å². The summed E-state index contributed by atoms with van der Waals surface area (Å²) in [6.07, 6.45) is 1.16. The van der Waals surface area contributed by atoms with Crippen LogP contribution in [0.4, 0.5) is 5.69 Å². The van der Waals surface area contributed by atoms with Crippen LogP contribution in [0.2, 0.25) is 0 Å². The van der Waals surface area contributed by atoms with E-state index >= 15 is 0 Å². The Bertz CT molecular complexity index is 271. The predicted molar refractivity (Wildman–Crippen MR) is 57.3 cm³/mol. The van der Waals surface area contributed by atoms with Crippen molar-refractivity contribution in [2.75, 3.05) is 5.73 Å². The van der Waals surface area contributed by atoms with Gasteiger partial charge in [-0.25, -0.2) is 0 Å². The summed E-state index contributed by atoms with van der Waals surface area (Å²) in [6.45, 7) is 4.41. The first-order valence-corrected chi connectivity index (χ1v) is 4.99. The molecule has 0 aliphatic heterocycles. The van der Waals surface area contributed by atoms with Gasteiger partial charge in [-0.2, -0.15) is 0 Å². The fraction of sp³-hybridized carbons (Fsp3) is 0.400. The maximum Gasteiger partial charge on any atom is 0.0325 e. The average Bonchev–Trinajstić information content (AvgIpc) is 2.03. The lowest BCUT2D eigenvalue weighted by Crippen LogP contribution is -1.94. The minimum atomic E-state index is 0.597. The minimum absolute atomic E-state index is 0.597. The van der Waals surface area contributed by atoms with E-state index in [4.69, 9.17) is 5.73 Å². The second-order valence-electron chi connectivity index (χ2n) is 3.09. The molecule has 1 rings (SSSR count). The van der Waals surface area contributed by atoms with E-state index in [1.165, 1.54) is 5.56 Å². The molecule has 1 unspecified atom stereocenters. The molecular weight excluding hydrogens is 214 g/mol. The number of rotatable bonds is 2. The maximum atomic E-state index is 5.64. The molecule has 0 saturated heterocycles. The molecule has 0 radical (unpaired) electrons. The van der Waals surface area contributed by atoms with Crippen LogP contribution in [0.25, 0.3) is 0 Å². The Balaban J connectivity index is 3.01. The van der Waals surface area contributed by atoms with Gasteiger partial charge in [-0.1, -0.05) is 35.8 Å². The highest BCUT2D eigenvalue weighted by molar-refractivity contribution is 9.10. The van der Waals surface area contributed by atoms with Gasteiger partial charge in [0.25, 0.3) is 0 Å². The topological polar surface area (TPSA) is 26.0 Å². The average molecular weight is 228 g/mol. The van der Waals surface area contributed by atoms with Gasteiger partial charge in [0.05, 0.1) is 0 Å². The highest BCUT2D eigenvalue weighted by Gasteiger charge is 2.06. The van der Waals surface area contributed by atoms with Crippen LogP contribution < -0.4 is 5.73 Å². The van der Waals surface area contributed by atoms with E-state index in [0.29, 0.717) is 5.92 Å². The molecule has 0 aliphatic carbocycles. The van der Waals surface area contributed by atoms with E-state index in [0.717, 1.165) is 16.6 Å². The van der Waals surface area contributed by atoms with Crippen molar-refractivity contribution in [2.45, 2.75) is 26.2 Å². The molecule has 2 heteroatoms. The second kappa shape index (κ2) is 3.94. The van der Waals surface area contributed by atoms with Gasteiger partial charge in [-0.3, -0.25) is 0 Å². The smallest absolute Gasteiger partial charge is 0.0325 e. The van der Waals surface area contributed by atoms with Crippen LogP contribution in [-0.4, -0.2) is 0 Å². The molecule has 0 saturated carbocycles. The van der Waals surface area contributed by atoms with Gasteiger partial charge >= 0.3 is 0 Å². The number of nitrogen functional groups attached to an aromatic ring is 1. The van der Waals surface area contributed by atoms with Crippen molar-refractivity contribution in [1.29, 1.82) is 0 Å². The second-order valence-corrected chi connectivity index (χ2v) is 3.94. The van der Waals surface area contributed by atoms with Crippen molar-refractivity contribution in [3.05, 3.63) is 28.2 Å². The van der Waals surface area contributed by atoms with E-state index < -0.39 is 0 Å². The van der Waals surface area contributed by atoms with Gasteiger partial charge in [-0.15, -0.1) is 0 Å². The first-order chi connectivity index (χ1) is 5.65. The van der Waals surface area contributed by atoms with Gasteiger partial charge < -0.3 is 5.73 Å². The van der Waals surface area contributed by atoms with Crippen molar-refractivity contribution in [2.24, 2.45) is 0 Å². The summed E-state index contributed by atoms with van der Waals surface area (Å²) in [7, 11) is 0. The number of hydrogen-bond donors (Lipinski definition) is 1. The summed E-state index contributed by atoms with van der Waals surface area (Å²) in [4.78, 5) is 0. The fourth-order valence-corrected chi connectivity index (χ4v) is 1.95. The molecule has 0 bridgehead atoms. The molecule has 0 fully saturated rings. The molecule has 1 aromatic rings. The highest BCUT2D eigenvalue weighted by Crippen LogP contribution is 2.28. The lowest BCUT2D eigenvalue weighted by molar-refractivity contribution is 0.730. The van der Waals surface area contributed by atoms with Crippen LogP contribution >= 0.6 is 15.9 Å². The summed E-state index contributed by atoms with van der Waals surface area (Å²) in [5, 5.41) is 0. The molecule has 1 nitrogen and oxygen atoms in total. The van der Waals surface area contributed by atoms with Gasteiger partial charge in [0.1, 0.15) is 0 Å². The fourth-order valence-electron chi connectivity index (χ4n) is 1.16. The third-order valence-corrected chi connectivity index (χ3v) is 2.85. The van der Waals surface area contributed by atoms with Gasteiger partial charge in [-0.05, 0) is 30.0 Å². The zero-order valence-electron chi connectivity index (χ0n) is 7.47. The molecule has 2 N–H and O–H groups in total. The van der Waals surface area contributed by atoms with Crippen molar-refractivity contribution in [1.82, 2.24) is 0 Å². The summed E-state index contributed by atoms with van der Waals surface area (Å²) < 4.78 is 1.12. The summed E-state index contributed by atoms with van der Waals surface area (Å²) in [5.74, 6) is 0.597. The summed E-state index contributed by atoms with van der Waals surface area (Å²) in [5.41, 5.74) is 7.79. The van der Waals surface area contributed by atoms with E-state index in [1.807, 2.05) is 12.1 Å². The summed E-state index contributed by atoms with van der Waals surface area (Å²) in [6, 6.07) is 6.00. The normalized spacial score (nSPS) is 12.9. The number of nitrogens with two attached hydrogens (primary N) is 1. The Morgan fingerprint density at radius 3 is 2.67 bits per heavy atom. The molecule has 66 valence electrons. The molecule has 0 aliphatic rings. The number of halogens is 1. The van der Waals surface area contributed by atoms with Gasteiger partial charge in [0, 0.05) is 10.2 Å². The monoisotopic (exact) mass is 227 g/mol. The largest absolute Gasteiger partial charge is 0.399 e.